The van der Waals surface area contributed by atoms with E-state index in [0.717, 1.165) is 11.2 Å². The second-order valence-corrected chi connectivity index (χ2v) is 10.6. The van der Waals surface area contributed by atoms with Crippen LogP contribution in [-0.2, 0) is 14.7 Å². The standard InChI is InChI=1S/C30H26BNO2.C2H6/c1-28(2)29(3,4)34-31(33-28)19-15-16-22-26(18-19)30(25-14-9-17-32-27(22)25)23-12-7-5-10-20(23)21-11-6-8-13-24(21)30;1-2/h5-18H,1-4H3;1-2H3. The Bertz CT molecular complexity index is 1410. The van der Waals surface area contributed by atoms with Gasteiger partial charge in [-0.1, -0.05) is 86.6 Å². The molecule has 3 aromatic carbocycles. The number of rotatable bonds is 1. The fourth-order valence-corrected chi connectivity index (χ4v) is 6.09. The van der Waals surface area contributed by atoms with E-state index in [4.69, 9.17) is 14.3 Å². The van der Waals surface area contributed by atoms with Gasteiger partial charge in [-0.15, -0.1) is 0 Å². The van der Waals surface area contributed by atoms with E-state index < -0.39 is 12.5 Å². The highest BCUT2D eigenvalue weighted by Gasteiger charge is 2.54. The number of benzene rings is 3. The van der Waals surface area contributed by atoms with Crippen molar-refractivity contribution < 1.29 is 9.31 Å². The molecule has 2 heterocycles. The number of aromatic nitrogens is 1. The average molecular weight is 473 g/mol. The van der Waals surface area contributed by atoms with Crippen molar-refractivity contribution in [1.29, 1.82) is 0 Å². The Morgan fingerprint density at radius 3 is 1.78 bits per heavy atom. The second kappa shape index (κ2) is 7.90. The molecular weight excluding hydrogens is 441 g/mol. The Morgan fingerprint density at radius 2 is 1.17 bits per heavy atom. The van der Waals surface area contributed by atoms with Gasteiger partial charge in [0.25, 0.3) is 0 Å². The first-order valence-corrected chi connectivity index (χ1v) is 13.0. The maximum absolute atomic E-state index is 6.44. The third kappa shape index (κ3) is 2.86. The third-order valence-electron chi connectivity index (χ3n) is 8.39. The molecule has 1 spiro atoms. The van der Waals surface area contributed by atoms with Crippen LogP contribution in [0.15, 0.2) is 85.1 Å². The molecule has 0 radical (unpaired) electrons. The Labute approximate surface area is 214 Å². The van der Waals surface area contributed by atoms with Crippen molar-refractivity contribution in [3.05, 3.63) is 107 Å². The predicted octanol–water partition coefficient (Wildman–Crippen LogP) is 6.75. The summed E-state index contributed by atoms with van der Waals surface area (Å²) in [7, 11) is -0.407. The molecule has 3 nitrogen and oxygen atoms in total. The lowest BCUT2D eigenvalue weighted by atomic mass is 9.68. The highest BCUT2D eigenvalue weighted by molar-refractivity contribution is 6.62. The lowest BCUT2D eigenvalue weighted by Gasteiger charge is -2.32. The minimum Gasteiger partial charge on any atom is -0.399 e. The van der Waals surface area contributed by atoms with Crippen molar-refractivity contribution in [2.24, 2.45) is 0 Å². The molecule has 2 aliphatic carbocycles. The van der Waals surface area contributed by atoms with Gasteiger partial charge < -0.3 is 9.31 Å². The molecule has 1 aromatic heterocycles. The fourth-order valence-electron chi connectivity index (χ4n) is 6.09. The Balaban J connectivity index is 0.00000117. The van der Waals surface area contributed by atoms with Crippen LogP contribution >= 0.6 is 0 Å². The van der Waals surface area contributed by atoms with Crippen LogP contribution < -0.4 is 5.46 Å². The summed E-state index contributed by atoms with van der Waals surface area (Å²) in [5.41, 5.74) is 9.84. The molecule has 0 atom stereocenters. The topological polar surface area (TPSA) is 31.4 Å². The molecule has 0 unspecified atom stereocenters. The van der Waals surface area contributed by atoms with Crippen molar-refractivity contribution in [2.45, 2.75) is 58.2 Å². The van der Waals surface area contributed by atoms with Gasteiger partial charge in [0.1, 0.15) is 0 Å². The molecule has 1 fully saturated rings. The normalized spacial score (nSPS) is 18.7. The van der Waals surface area contributed by atoms with E-state index in [0.29, 0.717) is 0 Å². The Hall–Kier alpha value is -3.21. The summed E-state index contributed by atoms with van der Waals surface area (Å²) in [6.07, 6.45) is 1.90. The van der Waals surface area contributed by atoms with Crippen LogP contribution in [0.2, 0.25) is 0 Å². The lowest BCUT2D eigenvalue weighted by Crippen LogP contribution is -2.41. The minimum absolute atomic E-state index is 0.383. The molecule has 36 heavy (non-hydrogen) atoms. The van der Waals surface area contributed by atoms with Gasteiger partial charge >= 0.3 is 7.12 Å². The molecule has 1 saturated heterocycles. The van der Waals surface area contributed by atoms with E-state index in [2.05, 4.69) is 107 Å². The molecule has 7 rings (SSSR count). The highest BCUT2D eigenvalue weighted by atomic mass is 16.7. The Morgan fingerprint density at radius 1 is 0.611 bits per heavy atom. The van der Waals surface area contributed by atoms with Crippen molar-refractivity contribution >= 4 is 12.6 Å². The van der Waals surface area contributed by atoms with Crippen LogP contribution in [0.5, 0.6) is 0 Å². The Kier molecular flexibility index (Phi) is 5.09. The van der Waals surface area contributed by atoms with E-state index >= 15 is 0 Å². The zero-order valence-electron chi connectivity index (χ0n) is 21.9. The van der Waals surface area contributed by atoms with Crippen LogP contribution in [0.25, 0.3) is 22.4 Å². The van der Waals surface area contributed by atoms with Gasteiger partial charge in [0, 0.05) is 11.8 Å². The summed E-state index contributed by atoms with van der Waals surface area (Å²) in [5, 5.41) is 0. The second-order valence-electron chi connectivity index (χ2n) is 10.6. The smallest absolute Gasteiger partial charge is 0.399 e. The number of hydrogen-bond donors (Lipinski definition) is 0. The highest BCUT2D eigenvalue weighted by Crippen LogP contribution is 2.62. The van der Waals surface area contributed by atoms with Crippen molar-refractivity contribution in [2.75, 3.05) is 0 Å². The van der Waals surface area contributed by atoms with Gasteiger partial charge in [-0.2, -0.15) is 0 Å². The van der Waals surface area contributed by atoms with E-state index in [9.17, 15) is 0 Å². The quantitative estimate of drug-likeness (QED) is 0.248. The minimum atomic E-state index is -0.407. The van der Waals surface area contributed by atoms with Crippen LogP contribution in [0.3, 0.4) is 0 Å². The van der Waals surface area contributed by atoms with Gasteiger partial charge in [-0.3, -0.25) is 4.98 Å². The molecule has 180 valence electrons. The summed E-state index contributed by atoms with van der Waals surface area (Å²) < 4.78 is 12.9. The van der Waals surface area contributed by atoms with Crippen molar-refractivity contribution in [3.63, 3.8) is 0 Å². The maximum atomic E-state index is 6.44. The first kappa shape index (κ1) is 23.2. The molecule has 0 saturated carbocycles. The van der Waals surface area contributed by atoms with Crippen LogP contribution in [0, 0.1) is 0 Å². The summed E-state index contributed by atoms with van der Waals surface area (Å²) in [5.74, 6) is 0. The number of nitrogens with zero attached hydrogens (tertiary/aromatic N) is 1. The maximum Gasteiger partial charge on any atom is 0.494 e. The van der Waals surface area contributed by atoms with Gasteiger partial charge in [-0.25, -0.2) is 0 Å². The number of fused-ring (bicyclic) bond motifs is 10. The molecule has 4 heteroatoms. The summed E-state index contributed by atoms with van der Waals surface area (Å²) in [6, 6.07) is 28.6. The number of hydrogen-bond acceptors (Lipinski definition) is 3. The van der Waals surface area contributed by atoms with E-state index in [-0.39, 0.29) is 11.2 Å². The van der Waals surface area contributed by atoms with E-state index in [1.807, 2.05) is 20.0 Å². The fraction of sp³-hybridized carbons (Fsp3) is 0.281. The largest absolute Gasteiger partial charge is 0.494 e. The van der Waals surface area contributed by atoms with Crippen molar-refractivity contribution in [3.8, 4) is 22.4 Å². The molecule has 3 aliphatic rings. The molecule has 1 aliphatic heterocycles. The number of pyridine rings is 1. The van der Waals surface area contributed by atoms with Gasteiger partial charge in [-0.05, 0) is 72.6 Å². The van der Waals surface area contributed by atoms with Crippen LogP contribution in [0.1, 0.15) is 63.8 Å². The third-order valence-corrected chi connectivity index (χ3v) is 8.39. The summed E-state index contributed by atoms with van der Waals surface area (Å²) in [4.78, 5) is 4.88. The first-order valence-electron chi connectivity index (χ1n) is 13.0. The SMILES string of the molecule is CC.CC1(C)OB(c2ccc3c(c2)C2(c4ccccc4-c4ccccc42)c2cccnc2-3)OC1(C)C. The molecule has 4 aromatic rings. The van der Waals surface area contributed by atoms with Crippen molar-refractivity contribution in [1.82, 2.24) is 4.98 Å². The molecular formula is C32H32BNO2. The average Bonchev–Trinajstić information content (AvgIpc) is 3.45. The van der Waals surface area contributed by atoms with E-state index in [1.165, 1.54) is 38.9 Å². The summed E-state index contributed by atoms with van der Waals surface area (Å²) in [6.45, 7) is 12.4. The van der Waals surface area contributed by atoms with Gasteiger partial charge in [0.2, 0.25) is 0 Å². The zero-order chi connectivity index (χ0) is 25.3. The summed E-state index contributed by atoms with van der Waals surface area (Å²) >= 11 is 0. The molecule has 0 amide bonds. The van der Waals surface area contributed by atoms with E-state index in [1.54, 1.807) is 0 Å². The van der Waals surface area contributed by atoms with Gasteiger partial charge in [0.05, 0.1) is 22.3 Å². The predicted molar refractivity (Wildman–Crippen MR) is 148 cm³/mol. The monoisotopic (exact) mass is 473 g/mol. The molecule has 0 N–H and O–H groups in total. The van der Waals surface area contributed by atoms with Crippen LogP contribution in [-0.4, -0.2) is 23.3 Å². The van der Waals surface area contributed by atoms with Crippen LogP contribution in [0.4, 0.5) is 0 Å². The molecule has 0 bridgehead atoms. The first-order chi connectivity index (χ1) is 17.3. The van der Waals surface area contributed by atoms with Gasteiger partial charge in [0.15, 0.2) is 0 Å². The zero-order valence-corrected chi connectivity index (χ0v) is 21.9. The lowest BCUT2D eigenvalue weighted by molar-refractivity contribution is 0.00578.